The van der Waals surface area contributed by atoms with Crippen LogP contribution in [0.15, 0.2) is 51.7 Å². The average Bonchev–Trinajstić information content (AvgIpc) is 2.76. The predicted molar refractivity (Wildman–Crippen MR) is 118 cm³/mol. The number of carbonyl (C=O) groups is 2. The number of hydrogen-bond acceptors (Lipinski definition) is 6. The summed E-state index contributed by atoms with van der Waals surface area (Å²) in [5, 5.41) is 0.781. The van der Waals surface area contributed by atoms with Crippen molar-refractivity contribution in [1.82, 2.24) is 0 Å². The van der Waals surface area contributed by atoms with Gasteiger partial charge in [-0.25, -0.2) is 4.79 Å². The summed E-state index contributed by atoms with van der Waals surface area (Å²) >= 11 is 0. The molecule has 0 aliphatic rings. The number of esters is 1. The van der Waals surface area contributed by atoms with Crippen LogP contribution in [-0.2, 0) is 16.0 Å². The van der Waals surface area contributed by atoms with Crippen LogP contribution in [-0.4, -0.2) is 25.5 Å². The van der Waals surface area contributed by atoms with E-state index in [-0.39, 0.29) is 25.2 Å². The lowest BCUT2D eigenvalue weighted by Gasteiger charge is -2.09. The molecule has 31 heavy (non-hydrogen) atoms. The third-order valence-corrected chi connectivity index (χ3v) is 5.34. The topological polar surface area (TPSA) is 82.8 Å². The minimum absolute atomic E-state index is 0.0210. The van der Waals surface area contributed by atoms with E-state index in [0.717, 1.165) is 16.5 Å². The van der Waals surface area contributed by atoms with Gasteiger partial charge in [-0.15, -0.1) is 0 Å². The van der Waals surface area contributed by atoms with E-state index >= 15 is 0 Å². The van der Waals surface area contributed by atoms with Gasteiger partial charge in [-0.3, -0.25) is 9.59 Å². The Kier molecular flexibility index (Phi) is 6.90. The first-order valence-corrected chi connectivity index (χ1v) is 10.2. The second kappa shape index (κ2) is 9.60. The Morgan fingerprint density at radius 2 is 1.77 bits per heavy atom. The first kappa shape index (κ1) is 22.3. The maximum atomic E-state index is 12.4. The molecule has 0 N–H and O–H groups in total. The highest BCUT2D eigenvalue weighted by Gasteiger charge is 2.15. The van der Waals surface area contributed by atoms with Crippen molar-refractivity contribution in [3.05, 3.63) is 75.1 Å². The number of ketones is 1. The zero-order chi connectivity index (χ0) is 22.5. The molecule has 0 atom stereocenters. The maximum Gasteiger partial charge on any atom is 0.339 e. The number of carbonyl (C=O) groups excluding carboxylic acids is 2. The van der Waals surface area contributed by atoms with Crippen molar-refractivity contribution in [2.45, 2.75) is 39.5 Å². The van der Waals surface area contributed by atoms with Crippen LogP contribution in [0.2, 0.25) is 0 Å². The Morgan fingerprint density at radius 3 is 2.42 bits per heavy atom. The third kappa shape index (κ3) is 5.20. The highest BCUT2D eigenvalue weighted by molar-refractivity contribution is 5.98. The van der Waals surface area contributed by atoms with Crippen molar-refractivity contribution in [2.75, 3.05) is 13.7 Å². The van der Waals surface area contributed by atoms with Gasteiger partial charge in [0.2, 0.25) is 0 Å². The molecule has 0 fully saturated rings. The smallest absolute Gasteiger partial charge is 0.339 e. The van der Waals surface area contributed by atoms with E-state index in [1.54, 1.807) is 24.3 Å². The van der Waals surface area contributed by atoms with Gasteiger partial charge in [0.15, 0.2) is 12.4 Å². The molecule has 0 saturated heterocycles. The Hall–Kier alpha value is -3.41. The Morgan fingerprint density at radius 1 is 1.06 bits per heavy atom. The summed E-state index contributed by atoms with van der Waals surface area (Å²) in [6, 6.07) is 12.5. The molecule has 6 nitrogen and oxygen atoms in total. The van der Waals surface area contributed by atoms with Crippen LogP contribution in [0, 0.1) is 6.92 Å². The number of Topliss-reactive ketones (excluding diaryl/α,β-unsaturated/α-hetero) is 1. The highest BCUT2D eigenvalue weighted by Crippen LogP contribution is 2.24. The Bertz CT molecular complexity index is 1160. The number of rotatable bonds is 8. The molecule has 0 unspecified atom stereocenters. The van der Waals surface area contributed by atoms with Crippen LogP contribution in [0.4, 0.5) is 0 Å². The van der Waals surface area contributed by atoms with Crippen molar-refractivity contribution in [3.63, 3.8) is 0 Å². The summed E-state index contributed by atoms with van der Waals surface area (Å²) in [5.74, 6) is 0.162. The van der Waals surface area contributed by atoms with E-state index in [4.69, 9.17) is 13.9 Å². The summed E-state index contributed by atoms with van der Waals surface area (Å²) in [5.41, 5.74) is 2.75. The molecule has 3 rings (SSSR count). The molecule has 0 saturated carbocycles. The molecule has 0 aliphatic heterocycles. The molecule has 1 aromatic heterocycles. The lowest BCUT2D eigenvalue weighted by atomic mass is 10.0. The van der Waals surface area contributed by atoms with Crippen molar-refractivity contribution >= 4 is 22.7 Å². The van der Waals surface area contributed by atoms with E-state index in [1.807, 2.05) is 25.1 Å². The van der Waals surface area contributed by atoms with Gasteiger partial charge in [0, 0.05) is 29.0 Å². The van der Waals surface area contributed by atoms with E-state index in [2.05, 4.69) is 13.8 Å². The summed E-state index contributed by atoms with van der Waals surface area (Å²) in [7, 11) is 1.54. The average molecular weight is 422 g/mol. The van der Waals surface area contributed by atoms with E-state index in [0.29, 0.717) is 28.4 Å². The standard InChI is InChI=1S/C25H26O6/c1-15(2)17-5-7-18(8-6-17)22(26)14-30-24(27)12-11-21-16(3)20-10-9-19(29-4)13-23(20)31-25(21)28/h5-10,13,15H,11-12,14H2,1-4H3. The first-order valence-electron chi connectivity index (χ1n) is 10.2. The minimum atomic E-state index is -0.541. The predicted octanol–water partition coefficient (Wildman–Crippen LogP) is 4.59. The van der Waals surface area contributed by atoms with Crippen LogP contribution in [0.3, 0.4) is 0 Å². The van der Waals surface area contributed by atoms with Crippen LogP contribution in [0.5, 0.6) is 5.75 Å². The van der Waals surface area contributed by atoms with E-state index in [1.165, 1.54) is 7.11 Å². The summed E-state index contributed by atoms with van der Waals surface area (Å²) in [6.07, 6.45) is 0.152. The zero-order valence-electron chi connectivity index (χ0n) is 18.2. The van der Waals surface area contributed by atoms with Gasteiger partial charge in [0.1, 0.15) is 11.3 Å². The van der Waals surface area contributed by atoms with Gasteiger partial charge in [-0.1, -0.05) is 38.1 Å². The van der Waals surface area contributed by atoms with Gasteiger partial charge in [0.05, 0.1) is 7.11 Å². The lowest BCUT2D eigenvalue weighted by molar-refractivity contribution is -0.142. The van der Waals surface area contributed by atoms with Crippen molar-refractivity contribution < 1.29 is 23.5 Å². The summed E-state index contributed by atoms with van der Waals surface area (Å²) in [6.45, 7) is 5.64. The van der Waals surface area contributed by atoms with Gasteiger partial charge in [-0.2, -0.15) is 0 Å². The molecule has 0 amide bonds. The molecule has 0 spiro atoms. The molecular formula is C25H26O6. The third-order valence-electron chi connectivity index (χ3n) is 5.34. The molecule has 0 radical (unpaired) electrons. The molecular weight excluding hydrogens is 396 g/mol. The fourth-order valence-electron chi connectivity index (χ4n) is 3.37. The largest absolute Gasteiger partial charge is 0.497 e. The number of fused-ring (bicyclic) bond motifs is 1. The summed E-state index contributed by atoms with van der Waals surface area (Å²) < 4.78 is 15.7. The normalized spacial score (nSPS) is 11.0. The lowest BCUT2D eigenvalue weighted by Crippen LogP contribution is -2.17. The molecule has 162 valence electrons. The van der Waals surface area contributed by atoms with Gasteiger partial charge in [-0.05, 0) is 42.5 Å². The van der Waals surface area contributed by atoms with Gasteiger partial charge >= 0.3 is 11.6 Å². The van der Waals surface area contributed by atoms with Crippen LogP contribution in [0.25, 0.3) is 11.0 Å². The molecule has 3 aromatic rings. The highest BCUT2D eigenvalue weighted by atomic mass is 16.5. The van der Waals surface area contributed by atoms with E-state index in [9.17, 15) is 14.4 Å². The van der Waals surface area contributed by atoms with Crippen molar-refractivity contribution in [3.8, 4) is 5.75 Å². The number of methoxy groups -OCH3 is 1. The molecule has 1 heterocycles. The molecule has 0 bridgehead atoms. The van der Waals surface area contributed by atoms with Crippen LogP contribution < -0.4 is 10.4 Å². The maximum absolute atomic E-state index is 12.4. The van der Waals surface area contributed by atoms with Crippen LogP contribution >= 0.6 is 0 Å². The van der Waals surface area contributed by atoms with Crippen molar-refractivity contribution in [2.24, 2.45) is 0 Å². The van der Waals surface area contributed by atoms with E-state index < -0.39 is 11.6 Å². The quantitative estimate of drug-likeness (QED) is 0.300. The Balaban J connectivity index is 1.61. The number of benzene rings is 2. The molecule has 2 aromatic carbocycles. The molecule has 0 aliphatic carbocycles. The number of hydrogen-bond donors (Lipinski definition) is 0. The first-order chi connectivity index (χ1) is 14.8. The second-order valence-corrected chi connectivity index (χ2v) is 7.72. The number of ether oxygens (including phenoxy) is 2. The van der Waals surface area contributed by atoms with Crippen molar-refractivity contribution in [1.29, 1.82) is 0 Å². The minimum Gasteiger partial charge on any atom is -0.497 e. The monoisotopic (exact) mass is 422 g/mol. The fraction of sp³-hybridized carbons (Fsp3) is 0.320. The fourth-order valence-corrected chi connectivity index (χ4v) is 3.37. The SMILES string of the molecule is COc1ccc2c(C)c(CCC(=O)OCC(=O)c3ccc(C(C)C)cc3)c(=O)oc2c1. The summed E-state index contributed by atoms with van der Waals surface area (Å²) in [4.78, 5) is 36.8. The second-order valence-electron chi connectivity index (χ2n) is 7.72. The van der Waals surface area contributed by atoms with Crippen LogP contribution in [0.1, 0.15) is 53.2 Å². The van der Waals surface area contributed by atoms with Gasteiger partial charge in [0.25, 0.3) is 0 Å². The van der Waals surface area contributed by atoms with Gasteiger partial charge < -0.3 is 13.9 Å². The molecule has 6 heteroatoms. The zero-order valence-corrected chi connectivity index (χ0v) is 18.2. The Labute approximate surface area is 180 Å². The number of aryl methyl sites for hydroxylation is 1.